The smallest absolute Gasteiger partial charge is 0.603 e. The summed E-state index contributed by atoms with van der Waals surface area (Å²) in [5.41, 5.74) is -1.44. The van der Waals surface area contributed by atoms with Crippen molar-refractivity contribution in [3.8, 4) is 0 Å². The van der Waals surface area contributed by atoms with E-state index < -0.39 is 45.3 Å². The molecule has 0 aromatic carbocycles. The Kier molecular flexibility index (Phi) is 11.8. The van der Waals surface area contributed by atoms with Crippen LogP contribution in [0.15, 0.2) is 23.4 Å². The van der Waals surface area contributed by atoms with Crippen LogP contribution in [0.25, 0.3) is 0 Å². The third-order valence-electron chi connectivity index (χ3n) is 2.39. The molecule has 1 aliphatic carbocycles. The fourth-order valence-electron chi connectivity index (χ4n) is 1.64. The summed E-state index contributed by atoms with van der Waals surface area (Å²) < 4.78 is 0. The topological polar surface area (TPSA) is 143 Å². The molecule has 0 radical (unpaired) electrons. The average molecular weight is 346 g/mol. The van der Waals surface area contributed by atoms with Crippen LogP contribution >= 0.6 is 0 Å². The fourth-order valence-corrected chi connectivity index (χ4v) is 1.64. The average Bonchev–Trinajstić information content (AvgIpc) is 2.27. The number of Topliss-reactive ketones (excluding diaryl/α,β-unsaturated/α-hetero) is 1. The predicted molar refractivity (Wildman–Crippen MR) is 57.5 cm³/mol. The first-order chi connectivity index (χ1) is 8.73. The molecule has 1 rings (SSSR count). The van der Waals surface area contributed by atoms with E-state index in [1.165, 1.54) is 0 Å². The largest absolute Gasteiger partial charge is 1.00 e. The minimum atomic E-state index is -1.80. The number of carbonyl (C=O) groups excluding carboxylic acids is 2. The number of ketones is 1. The van der Waals surface area contributed by atoms with Crippen molar-refractivity contribution in [3.05, 3.63) is 49.6 Å². The molecule has 1 unspecified atom stereocenters. The summed E-state index contributed by atoms with van der Waals surface area (Å²) in [6, 6.07) is -1.64. The Hall–Kier alpha value is 0.563. The first kappa shape index (κ1) is 23.8. The van der Waals surface area contributed by atoms with Gasteiger partial charge in [0.1, 0.15) is 5.78 Å². The summed E-state index contributed by atoms with van der Waals surface area (Å²) >= 11 is 0. The maximum atomic E-state index is 11.0. The van der Waals surface area contributed by atoms with Gasteiger partial charge in [0, 0.05) is 16.3 Å². The molecule has 1 atom stereocenters. The second-order valence-electron chi connectivity index (χ2n) is 3.81. The molecule has 0 aromatic heterocycles. The van der Waals surface area contributed by atoms with E-state index in [0.29, 0.717) is 6.08 Å². The van der Waals surface area contributed by atoms with Gasteiger partial charge >= 0.3 is 103 Å². The first-order valence-corrected chi connectivity index (χ1v) is 5.03. The standard InChI is InChI=1S/C10H9N2O7.2K/c1-5(13)2-7-8(10(14)15)3-6(11(16)17)4-9(7)12(18)19;;/h3-4,6H,2H2,1H3,(H,14,15);;/q-1;2*+1/p-1. The van der Waals surface area contributed by atoms with Crippen LogP contribution in [0.4, 0.5) is 0 Å². The molecule has 0 aliphatic heterocycles. The van der Waals surface area contributed by atoms with Crippen molar-refractivity contribution < 1.29 is 127 Å². The summed E-state index contributed by atoms with van der Waals surface area (Å²) in [7, 11) is 0. The molecule has 21 heavy (non-hydrogen) atoms. The molecule has 1 aliphatic rings. The molecule has 0 N–H and O–H groups in total. The van der Waals surface area contributed by atoms with E-state index in [9.17, 15) is 34.9 Å². The Morgan fingerprint density at radius 2 is 1.76 bits per heavy atom. The maximum Gasteiger partial charge on any atom is 1.00 e. The zero-order valence-electron chi connectivity index (χ0n) is 11.7. The minimum Gasteiger partial charge on any atom is -0.603 e. The third kappa shape index (κ3) is 6.68. The van der Waals surface area contributed by atoms with Crippen molar-refractivity contribution in [2.45, 2.75) is 19.4 Å². The van der Waals surface area contributed by atoms with Crippen molar-refractivity contribution in [2.75, 3.05) is 0 Å². The van der Waals surface area contributed by atoms with Gasteiger partial charge in [-0.2, -0.15) is 0 Å². The molecule has 9 nitrogen and oxygen atoms in total. The Balaban J connectivity index is 0. The van der Waals surface area contributed by atoms with E-state index in [1.54, 1.807) is 0 Å². The number of nitrogens with zero attached hydrogens (tertiary/aromatic N) is 2. The van der Waals surface area contributed by atoms with Crippen LogP contribution in [0, 0.1) is 26.1 Å². The fraction of sp³-hybridized carbons (Fsp3) is 0.300. The molecule has 0 saturated heterocycles. The van der Waals surface area contributed by atoms with Crippen LogP contribution in [0.3, 0.4) is 0 Å². The third-order valence-corrected chi connectivity index (χ3v) is 2.39. The Labute approximate surface area is 204 Å². The molecule has 0 bridgehead atoms. The number of carbonyl (C=O) groups is 2. The van der Waals surface area contributed by atoms with E-state index in [0.717, 1.165) is 13.0 Å². The van der Waals surface area contributed by atoms with Gasteiger partial charge in [-0.15, -0.1) is 5.57 Å². The van der Waals surface area contributed by atoms with Crippen LogP contribution < -0.4 is 108 Å². The van der Waals surface area contributed by atoms with Crippen molar-refractivity contribution >= 4 is 11.8 Å². The van der Waals surface area contributed by atoms with Crippen molar-refractivity contribution in [3.63, 3.8) is 0 Å². The molecule has 0 aromatic rings. The molecule has 102 valence electrons. The van der Waals surface area contributed by atoms with Crippen molar-refractivity contribution in [1.29, 1.82) is 0 Å². The van der Waals surface area contributed by atoms with Crippen LogP contribution in [0.1, 0.15) is 13.3 Å². The molecule has 0 amide bonds. The van der Waals surface area contributed by atoms with Gasteiger partial charge in [-0.25, -0.2) is 0 Å². The van der Waals surface area contributed by atoms with Gasteiger partial charge in [0.2, 0.25) is 0 Å². The van der Waals surface area contributed by atoms with Gasteiger partial charge in [-0.05, 0) is 24.9 Å². The second-order valence-corrected chi connectivity index (χ2v) is 3.81. The second kappa shape index (κ2) is 10.4. The number of nitro groups is 2. The zero-order valence-corrected chi connectivity index (χ0v) is 17.9. The number of aliphatic carboxylic acids is 1. The normalized spacial score (nSPS) is 16.6. The summed E-state index contributed by atoms with van der Waals surface area (Å²) in [5, 5.41) is 32.3. The van der Waals surface area contributed by atoms with Crippen LogP contribution in [0.5, 0.6) is 0 Å². The van der Waals surface area contributed by atoms with Crippen molar-refractivity contribution in [2.24, 2.45) is 0 Å². The van der Waals surface area contributed by atoms with Gasteiger partial charge < -0.3 is 14.7 Å². The Bertz CT molecular complexity index is 497. The number of carboxylic acid groups (broad SMARTS) is 1. The summed E-state index contributed by atoms with van der Waals surface area (Å²) in [6.07, 6.45) is 0.919. The van der Waals surface area contributed by atoms with Crippen LogP contribution in [-0.2, 0) is 9.59 Å². The maximum absolute atomic E-state index is 11.0. The molecule has 0 heterocycles. The Morgan fingerprint density at radius 3 is 2.10 bits per heavy atom. The number of hydrogen-bond acceptors (Lipinski definition) is 7. The van der Waals surface area contributed by atoms with E-state index >= 15 is 0 Å². The zero-order chi connectivity index (χ0) is 14.7. The summed E-state index contributed by atoms with van der Waals surface area (Å²) in [6.45, 7) is 1.12. The van der Waals surface area contributed by atoms with Gasteiger partial charge in [-0.1, -0.05) is 6.08 Å². The van der Waals surface area contributed by atoms with Crippen LogP contribution in [-0.4, -0.2) is 27.6 Å². The van der Waals surface area contributed by atoms with E-state index in [4.69, 9.17) is 0 Å². The molecular weight excluding hydrogens is 338 g/mol. The molecule has 0 spiro atoms. The molecule has 0 fully saturated rings. The van der Waals surface area contributed by atoms with Gasteiger partial charge in [0.05, 0.1) is 0 Å². The number of carboxylic acids is 1. The number of hydrogen-bond donors (Lipinski definition) is 0. The monoisotopic (exact) mass is 346 g/mol. The molecule has 11 heteroatoms. The number of rotatable bonds is 5. The Morgan fingerprint density at radius 1 is 1.24 bits per heavy atom. The van der Waals surface area contributed by atoms with E-state index in [-0.39, 0.29) is 109 Å². The molecular formula is C10H8K2N2O7. The van der Waals surface area contributed by atoms with Gasteiger partial charge in [-0.3, -0.25) is 20.2 Å². The van der Waals surface area contributed by atoms with E-state index in [2.05, 4.69) is 0 Å². The number of allylic oxidation sites excluding steroid dienone is 1. The van der Waals surface area contributed by atoms with Gasteiger partial charge in [0.15, 0.2) is 11.7 Å². The van der Waals surface area contributed by atoms with Gasteiger partial charge in [0.25, 0.3) is 0 Å². The summed E-state index contributed by atoms with van der Waals surface area (Å²) in [5.74, 6) is -2.68. The van der Waals surface area contributed by atoms with Crippen LogP contribution in [0.2, 0.25) is 0 Å². The first-order valence-electron chi connectivity index (χ1n) is 5.03. The quantitative estimate of drug-likeness (QED) is 0.208. The van der Waals surface area contributed by atoms with Crippen molar-refractivity contribution in [1.82, 2.24) is 0 Å². The molecule has 0 saturated carbocycles. The predicted octanol–water partition coefficient (Wildman–Crippen LogP) is -6.96. The summed E-state index contributed by atoms with van der Waals surface area (Å²) in [4.78, 5) is 41.5. The van der Waals surface area contributed by atoms with E-state index in [1.807, 2.05) is 0 Å². The minimum absolute atomic E-state index is 0. The SMILES string of the molecule is CC(=O)C[C-]1C(C(=O)[O-])=CC([N+](=O)[O-])C=C1[N+](=O)[O-].[K+].[K+].